The number of ketones is 1. The second kappa shape index (κ2) is 7.64. The summed E-state index contributed by atoms with van der Waals surface area (Å²) >= 11 is 7.38. The zero-order chi connectivity index (χ0) is 16.9. The van der Waals surface area contributed by atoms with Crippen molar-refractivity contribution in [2.75, 3.05) is 5.75 Å². The van der Waals surface area contributed by atoms with E-state index in [1.807, 2.05) is 47.0 Å². The first-order valence-corrected chi connectivity index (χ1v) is 8.85. The van der Waals surface area contributed by atoms with E-state index >= 15 is 0 Å². The van der Waals surface area contributed by atoms with E-state index in [0.717, 1.165) is 22.1 Å². The first-order valence-electron chi connectivity index (χ1n) is 7.49. The van der Waals surface area contributed by atoms with E-state index in [1.54, 1.807) is 6.92 Å². The quantitative estimate of drug-likeness (QED) is 0.616. The zero-order valence-electron chi connectivity index (χ0n) is 13.1. The predicted octanol–water partition coefficient (Wildman–Crippen LogP) is 4.33. The lowest BCUT2D eigenvalue weighted by Crippen LogP contribution is -2.05. The SMILES string of the molecule is CC(=O)CSc1nnc(-c2ccc(Cl)cc2)n1Cc1ccccc1. The summed E-state index contributed by atoms with van der Waals surface area (Å²) in [6, 6.07) is 17.6. The van der Waals surface area contributed by atoms with Gasteiger partial charge in [-0.05, 0) is 36.8 Å². The van der Waals surface area contributed by atoms with Crippen LogP contribution in [0.5, 0.6) is 0 Å². The summed E-state index contributed by atoms with van der Waals surface area (Å²) in [5.41, 5.74) is 2.09. The normalized spacial score (nSPS) is 10.8. The Morgan fingerprint density at radius 3 is 2.46 bits per heavy atom. The summed E-state index contributed by atoms with van der Waals surface area (Å²) in [5, 5.41) is 10.0. The maximum atomic E-state index is 11.3. The van der Waals surface area contributed by atoms with E-state index in [1.165, 1.54) is 11.8 Å². The molecule has 0 fully saturated rings. The van der Waals surface area contributed by atoms with Gasteiger partial charge in [-0.2, -0.15) is 0 Å². The van der Waals surface area contributed by atoms with Crippen LogP contribution >= 0.6 is 23.4 Å². The highest BCUT2D eigenvalue weighted by atomic mass is 35.5. The van der Waals surface area contributed by atoms with Crippen LogP contribution in [0.1, 0.15) is 12.5 Å². The maximum absolute atomic E-state index is 11.3. The molecule has 1 heterocycles. The van der Waals surface area contributed by atoms with Gasteiger partial charge in [0, 0.05) is 10.6 Å². The molecule has 0 saturated heterocycles. The van der Waals surface area contributed by atoms with Crippen molar-refractivity contribution in [3.63, 3.8) is 0 Å². The van der Waals surface area contributed by atoms with Crippen LogP contribution in [0.15, 0.2) is 59.8 Å². The Hall–Kier alpha value is -2.11. The van der Waals surface area contributed by atoms with E-state index in [9.17, 15) is 4.79 Å². The van der Waals surface area contributed by atoms with Crippen molar-refractivity contribution in [3.8, 4) is 11.4 Å². The molecule has 24 heavy (non-hydrogen) atoms. The number of Topliss-reactive ketones (excluding diaryl/α,β-unsaturated/α-hetero) is 1. The largest absolute Gasteiger partial charge is 0.299 e. The second-order valence-corrected chi connectivity index (χ2v) is 6.75. The van der Waals surface area contributed by atoms with Crippen molar-refractivity contribution < 1.29 is 4.79 Å². The van der Waals surface area contributed by atoms with Crippen LogP contribution in [0.25, 0.3) is 11.4 Å². The van der Waals surface area contributed by atoms with Gasteiger partial charge in [-0.3, -0.25) is 9.36 Å². The van der Waals surface area contributed by atoms with E-state index in [4.69, 9.17) is 11.6 Å². The van der Waals surface area contributed by atoms with Crippen LogP contribution in [0, 0.1) is 0 Å². The number of rotatable bonds is 6. The van der Waals surface area contributed by atoms with Crippen molar-refractivity contribution in [2.24, 2.45) is 0 Å². The number of aromatic nitrogens is 3. The molecule has 0 spiro atoms. The molecule has 0 saturated carbocycles. The number of halogens is 1. The first-order chi connectivity index (χ1) is 11.6. The van der Waals surface area contributed by atoms with Crippen LogP contribution in [-0.2, 0) is 11.3 Å². The Balaban J connectivity index is 1.98. The summed E-state index contributed by atoms with van der Waals surface area (Å²) in [7, 11) is 0. The first kappa shape index (κ1) is 16.7. The minimum Gasteiger partial charge on any atom is -0.299 e. The van der Waals surface area contributed by atoms with Crippen molar-refractivity contribution in [2.45, 2.75) is 18.6 Å². The van der Waals surface area contributed by atoms with Gasteiger partial charge in [-0.25, -0.2) is 0 Å². The highest BCUT2D eigenvalue weighted by molar-refractivity contribution is 7.99. The molecule has 4 nitrogen and oxygen atoms in total. The van der Waals surface area contributed by atoms with Gasteiger partial charge in [-0.1, -0.05) is 53.7 Å². The minimum absolute atomic E-state index is 0.113. The fourth-order valence-corrected chi connectivity index (χ4v) is 3.15. The number of thioether (sulfide) groups is 1. The summed E-state index contributed by atoms with van der Waals surface area (Å²) in [6.07, 6.45) is 0. The van der Waals surface area contributed by atoms with Gasteiger partial charge >= 0.3 is 0 Å². The molecule has 0 amide bonds. The smallest absolute Gasteiger partial charge is 0.192 e. The summed E-state index contributed by atoms with van der Waals surface area (Å²) in [4.78, 5) is 11.3. The van der Waals surface area contributed by atoms with Crippen LogP contribution in [0.3, 0.4) is 0 Å². The van der Waals surface area contributed by atoms with E-state index < -0.39 is 0 Å². The third kappa shape index (κ3) is 4.04. The fraction of sp³-hybridized carbons (Fsp3) is 0.167. The molecule has 1 aromatic heterocycles. The molecule has 0 aliphatic heterocycles. The number of carbonyl (C=O) groups excluding carboxylic acids is 1. The molecule has 2 aromatic carbocycles. The zero-order valence-corrected chi connectivity index (χ0v) is 14.7. The van der Waals surface area contributed by atoms with Gasteiger partial charge in [0.05, 0.1) is 12.3 Å². The molecular weight excluding hydrogens is 342 g/mol. The van der Waals surface area contributed by atoms with Crippen molar-refractivity contribution in [1.29, 1.82) is 0 Å². The van der Waals surface area contributed by atoms with Gasteiger partial charge in [0.15, 0.2) is 11.0 Å². The van der Waals surface area contributed by atoms with Gasteiger partial charge in [-0.15, -0.1) is 10.2 Å². The lowest BCUT2D eigenvalue weighted by Gasteiger charge is -2.10. The second-order valence-electron chi connectivity index (χ2n) is 5.38. The minimum atomic E-state index is 0.113. The van der Waals surface area contributed by atoms with E-state index in [2.05, 4.69) is 22.3 Å². The molecule has 3 aromatic rings. The fourth-order valence-electron chi connectivity index (χ4n) is 2.28. The highest BCUT2D eigenvalue weighted by Gasteiger charge is 2.15. The summed E-state index contributed by atoms with van der Waals surface area (Å²) < 4.78 is 2.03. The van der Waals surface area contributed by atoms with Gasteiger partial charge in [0.25, 0.3) is 0 Å². The summed E-state index contributed by atoms with van der Waals surface area (Å²) in [5.74, 6) is 1.26. The predicted molar refractivity (Wildman–Crippen MR) is 97.4 cm³/mol. The summed E-state index contributed by atoms with van der Waals surface area (Å²) in [6.45, 7) is 2.22. The molecule has 0 N–H and O–H groups in total. The van der Waals surface area contributed by atoms with Gasteiger partial charge in [0.2, 0.25) is 0 Å². The standard InChI is InChI=1S/C18H16ClN3OS/c1-13(23)12-24-18-21-20-17(15-7-9-16(19)10-8-15)22(18)11-14-5-3-2-4-6-14/h2-10H,11-12H2,1H3. The van der Waals surface area contributed by atoms with E-state index in [0.29, 0.717) is 17.3 Å². The maximum Gasteiger partial charge on any atom is 0.192 e. The molecule has 3 rings (SSSR count). The molecule has 0 aliphatic carbocycles. The number of benzene rings is 2. The lowest BCUT2D eigenvalue weighted by atomic mass is 10.2. The van der Waals surface area contributed by atoms with Crippen LogP contribution in [0.4, 0.5) is 0 Å². The average molecular weight is 358 g/mol. The number of hydrogen-bond acceptors (Lipinski definition) is 4. The Labute approximate surface area is 149 Å². The third-order valence-corrected chi connectivity index (χ3v) is 4.77. The number of hydrogen-bond donors (Lipinski definition) is 0. The Bertz CT molecular complexity index is 831. The lowest BCUT2D eigenvalue weighted by molar-refractivity contribution is -0.114. The highest BCUT2D eigenvalue weighted by Crippen LogP contribution is 2.26. The van der Waals surface area contributed by atoms with Crippen molar-refractivity contribution >= 4 is 29.1 Å². The van der Waals surface area contributed by atoms with Crippen molar-refractivity contribution in [3.05, 3.63) is 65.2 Å². The van der Waals surface area contributed by atoms with Gasteiger partial charge < -0.3 is 0 Å². The molecule has 122 valence electrons. The van der Waals surface area contributed by atoms with Crippen LogP contribution in [-0.4, -0.2) is 26.3 Å². The molecule has 0 unspecified atom stereocenters. The van der Waals surface area contributed by atoms with Crippen molar-refractivity contribution in [1.82, 2.24) is 14.8 Å². The Kier molecular flexibility index (Phi) is 5.33. The Morgan fingerprint density at radius 1 is 1.08 bits per heavy atom. The van der Waals surface area contributed by atoms with E-state index in [-0.39, 0.29) is 5.78 Å². The van der Waals surface area contributed by atoms with Crippen LogP contribution < -0.4 is 0 Å². The number of carbonyl (C=O) groups is 1. The number of nitrogens with zero attached hydrogens (tertiary/aromatic N) is 3. The molecular formula is C18H16ClN3OS. The van der Waals surface area contributed by atoms with Crippen LogP contribution in [0.2, 0.25) is 5.02 Å². The van der Waals surface area contributed by atoms with Gasteiger partial charge in [0.1, 0.15) is 5.78 Å². The molecule has 0 atom stereocenters. The Morgan fingerprint density at radius 2 is 1.79 bits per heavy atom. The topological polar surface area (TPSA) is 47.8 Å². The monoisotopic (exact) mass is 357 g/mol. The molecule has 0 aliphatic rings. The molecule has 6 heteroatoms. The molecule has 0 bridgehead atoms. The molecule has 0 radical (unpaired) electrons. The third-order valence-electron chi connectivity index (χ3n) is 3.41. The average Bonchev–Trinajstić information content (AvgIpc) is 2.97.